The minimum absolute atomic E-state index is 0. The molecular weight excluding hydrogens is 276 g/mol. The molecule has 1 saturated heterocycles. The summed E-state index contributed by atoms with van der Waals surface area (Å²) < 4.78 is 5.99. The van der Waals surface area contributed by atoms with E-state index in [1.54, 1.807) is 0 Å². The highest BCUT2D eigenvalue weighted by atomic mass is 35.5. The summed E-state index contributed by atoms with van der Waals surface area (Å²) in [7, 11) is 1.84. The number of piperidine rings is 1. The summed E-state index contributed by atoms with van der Waals surface area (Å²) in [4.78, 5) is 9.11. The second kappa shape index (κ2) is 6.72. The molecule has 0 radical (unpaired) electrons. The lowest BCUT2D eigenvalue weighted by Crippen LogP contribution is -2.37. The van der Waals surface area contributed by atoms with E-state index in [2.05, 4.69) is 20.6 Å². The Labute approximate surface area is 124 Å². The second-order valence-corrected chi connectivity index (χ2v) is 4.70. The number of para-hydroxylation sites is 2. The molecule has 1 aliphatic heterocycles. The molecule has 2 aromatic rings. The highest BCUT2D eigenvalue weighted by Crippen LogP contribution is 2.24. The van der Waals surface area contributed by atoms with Gasteiger partial charge in [-0.1, -0.05) is 12.1 Å². The first-order valence-corrected chi connectivity index (χ1v) is 6.69. The van der Waals surface area contributed by atoms with Gasteiger partial charge in [0.15, 0.2) is 5.82 Å². The van der Waals surface area contributed by atoms with Crippen molar-refractivity contribution in [2.75, 3.05) is 25.5 Å². The summed E-state index contributed by atoms with van der Waals surface area (Å²) in [5.41, 5.74) is 1.74. The fourth-order valence-corrected chi connectivity index (χ4v) is 2.31. The Hall–Kier alpha value is -1.59. The molecule has 0 aliphatic carbocycles. The summed E-state index contributed by atoms with van der Waals surface area (Å²) in [6, 6.07) is 7.83. The van der Waals surface area contributed by atoms with E-state index in [-0.39, 0.29) is 18.5 Å². The first-order chi connectivity index (χ1) is 9.36. The predicted molar refractivity (Wildman–Crippen MR) is 82.9 cm³/mol. The van der Waals surface area contributed by atoms with Crippen molar-refractivity contribution in [1.82, 2.24) is 15.3 Å². The zero-order chi connectivity index (χ0) is 13.1. The van der Waals surface area contributed by atoms with Crippen LogP contribution >= 0.6 is 12.4 Å². The van der Waals surface area contributed by atoms with E-state index in [9.17, 15) is 0 Å². The van der Waals surface area contributed by atoms with Gasteiger partial charge in [0.05, 0.1) is 11.0 Å². The van der Waals surface area contributed by atoms with Crippen LogP contribution in [-0.4, -0.2) is 36.2 Å². The zero-order valence-corrected chi connectivity index (χ0v) is 12.2. The number of rotatable bonds is 3. The number of nitrogens with zero attached hydrogens (tertiary/aromatic N) is 2. The maximum atomic E-state index is 5.99. The molecule has 0 amide bonds. The van der Waals surface area contributed by atoms with Gasteiger partial charge in [-0.15, -0.1) is 12.4 Å². The van der Waals surface area contributed by atoms with Crippen molar-refractivity contribution in [3.05, 3.63) is 24.3 Å². The topological polar surface area (TPSA) is 59.1 Å². The van der Waals surface area contributed by atoms with Crippen LogP contribution in [0.4, 0.5) is 5.82 Å². The Morgan fingerprint density at radius 3 is 2.65 bits per heavy atom. The van der Waals surface area contributed by atoms with Crippen molar-refractivity contribution in [3.8, 4) is 5.88 Å². The van der Waals surface area contributed by atoms with E-state index in [0.29, 0.717) is 11.7 Å². The second-order valence-electron chi connectivity index (χ2n) is 4.70. The maximum Gasteiger partial charge on any atom is 0.258 e. The van der Waals surface area contributed by atoms with Crippen LogP contribution in [0.25, 0.3) is 11.0 Å². The monoisotopic (exact) mass is 294 g/mol. The number of fused-ring (bicyclic) bond motifs is 1. The molecule has 0 bridgehead atoms. The summed E-state index contributed by atoms with van der Waals surface area (Å²) in [6.07, 6.45) is 2.38. The first kappa shape index (κ1) is 14.8. The largest absolute Gasteiger partial charge is 0.470 e. The summed E-state index contributed by atoms with van der Waals surface area (Å²) in [6.45, 7) is 1.94. The van der Waals surface area contributed by atoms with Crippen molar-refractivity contribution in [2.24, 2.45) is 0 Å². The molecule has 108 valence electrons. The fraction of sp³-hybridized carbons (Fsp3) is 0.429. The molecule has 5 nitrogen and oxygen atoms in total. The summed E-state index contributed by atoms with van der Waals surface area (Å²) >= 11 is 0. The molecular formula is C14H19ClN4O. The lowest BCUT2D eigenvalue weighted by Gasteiger charge is -2.24. The van der Waals surface area contributed by atoms with Crippen LogP contribution in [0.1, 0.15) is 12.8 Å². The van der Waals surface area contributed by atoms with Gasteiger partial charge in [-0.2, -0.15) is 0 Å². The van der Waals surface area contributed by atoms with Crippen molar-refractivity contribution >= 4 is 29.3 Å². The molecule has 0 spiro atoms. The van der Waals surface area contributed by atoms with Crippen LogP contribution in [0.15, 0.2) is 24.3 Å². The molecule has 1 aromatic carbocycles. The SMILES string of the molecule is CNc1nc2ccccc2nc1O[C@H]1CCCNC1.Cl. The van der Waals surface area contributed by atoms with Gasteiger partial charge in [0.1, 0.15) is 6.10 Å². The summed E-state index contributed by atoms with van der Waals surface area (Å²) in [5.74, 6) is 1.29. The third kappa shape index (κ3) is 3.11. The van der Waals surface area contributed by atoms with Crippen LogP contribution in [0.3, 0.4) is 0 Å². The van der Waals surface area contributed by atoms with Gasteiger partial charge in [0.25, 0.3) is 5.88 Å². The number of aromatic nitrogens is 2. The molecule has 3 rings (SSSR count). The van der Waals surface area contributed by atoms with E-state index in [1.165, 1.54) is 0 Å². The van der Waals surface area contributed by atoms with E-state index < -0.39 is 0 Å². The minimum Gasteiger partial charge on any atom is -0.470 e. The van der Waals surface area contributed by atoms with Gasteiger partial charge in [0.2, 0.25) is 0 Å². The average Bonchev–Trinajstić information content (AvgIpc) is 2.47. The Morgan fingerprint density at radius 2 is 2.00 bits per heavy atom. The van der Waals surface area contributed by atoms with Crippen LogP contribution in [0, 0.1) is 0 Å². The molecule has 0 unspecified atom stereocenters. The van der Waals surface area contributed by atoms with E-state index in [4.69, 9.17) is 4.74 Å². The smallest absolute Gasteiger partial charge is 0.258 e. The van der Waals surface area contributed by atoms with Crippen LogP contribution in [0.2, 0.25) is 0 Å². The number of nitrogens with one attached hydrogen (secondary N) is 2. The average molecular weight is 295 g/mol. The van der Waals surface area contributed by atoms with Crippen LogP contribution < -0.4 is 15.4 Å². The number of hydrogen-bond donors (Lipinski definition) is 2. The highest BCUT2D eigenvalue weighted by Gasteiger charge is 2.18. The van der Waals surface area contributed by atoms with E-state index in [1.807, 2.05) is 31.3 Å². The first-order valence-electron chi connectivity index (χ1n) is 6.69. The normalized spacial score (nSPS) is 18.4. The molecule has 6 heteroatoms. The van der Waals surface area contributed by atoms with E-state index >= 15 is 0 Å². The third-order valence-corrected chi connectivity index (χ3v) is 3.31. The standard InChI is InChI=1S/C14H18N4O.ClH/c1-15-13-14(19-10-5-4-8-16-9-10)18-12-7-3-2-6-11(12)17-13;/h2-3,6-7,10,16H,4-5,8-9H2,1H3,(H,15,17);1H/t10-;/m0./s1. The Bertz CT molecular complexity index is 572. The maximum absolute atomic E-state index is 5.99. The Balaban J connectivity index is 0.00000147. The Kier molecular flexibility index (Phi) is 4.98. The van der Waals surface area contributed by atoms with Crippen LogP contribution in [0.5, 0.6) is 5.88 Å². The molecule has 1 atom stereocenters. The lowest BCUT2D eigenvalue weighted by atomic mass is 10.1. The van der Waals surface area contributed by atoms with Gasteiger partial charge >= 0.3 is 0 Å². The zero-order valence-electron chi connectivity index (χ0n) is 11.4. The van der Waals surface area contributed by atoms with Gasteiger partial charge in [-0.25, -0.2) is 9.97 Å². The number of halogens is 1. The number of anilines is 1. The lowest BCUT2D eigenvalue weighted by molar-refractivity contribution is 0.161. The van der Waals surface area contributed by atoms with Crippen molar-refractivity contribution in [1.29, 1.82) is 0 Å². The van der Waals surface area contributed by atoms with Crippen molar-refractivity contribution in [3.63, 3.8) is 0 Å². The summed E-state index contributed by atoms with van der Waals surface area (Å²) in [5, 5.41) is 6.39. The number of ether oxygens (including phenoxy) is 1. The molecule has 1 aliphatic rings. The molecule has 1 fully saturated rings. The molecule has 2 heterocycles. The molecule has 0 saturated carbocycles. The van der Waals surface area contributed by atoms with Gasteiger partial charge in [0, 0.05) is 13.6 Å². The predicted octanol–water partition coefficient (Wildman–Crippen LogP) is 2.22. The fourth-order valence-electron chi connectivity index (χ4n) is 2.31. The van der Waals surface area contributed by atoms with Crippen LogP contribution in [-0.2, 0) is 0 Å². The minimum atomic E-state index is 0. The van der Waals surface area contributed by atoms with Gasteiger partial charge < -0.3 is 15.4 Å². The van der Waals surface area contributed by atoms with E-state index in [0.717, 1.165) is 37.0 Å². The highest BCUT2D eigenvalue weighted by molar-refractivity contribution is 5.85. The van der Waals surface area contributed by atoms with Gasteiger partial charge in [-0.05, 0) is 31.5 Å². The van der Waals surface area contributed by atoms with Crippen molar-refractivity contribution in [2.45, 2.75) is 18.9 Å². The van der Waals surface area contributed by atoms with Crippen molar-refractivity contribution < 1.29 is 4.74 Å². The molecule has 2 N–H and O–H groups in total. The molecule has 20 heavy (non-hydrogen) atoms. The van der Waals surface area contributed by atoms with Gasteiger partial charge in [-0.3, -0.25) is 0 Å². The number of hydrogen-bond acceptors (Lipinski definition) is 5. The number of benzene rings is 1. The Morgan fingerprint density at radius 1 is 1.25 bits per heavy atom. The quantitative estimate of drug-likeness (QED) is 0.909. The third-order valence-electron chi connectivity index (χ3n) is 3.31. The molecule has 1 aromatic heterocycles.